The van der Waals surface area contributed by atoms with Gasteiger partial charge in [0.25, 0.3) is 0 Å². The average Bonchev–Trinajstić information content (AvgIpc) is 2.77. The molecular formula is C14H15IN2O. The van der Waals surface area contributed by atoms with Crippen molar-refractivity contribution in [3.63, 3.8) is 0 Å². The maximum Gasteiger partial charge on any atom is 0.168 e. The van der Waals surface area contributed by atoms with Gasteiger partial charge in [-0.05, 0) is 54.6 Å². The molecule has 0 N–H and O–H groups in total. The first-order valence-electron chi connectivity index (χ1n) is 5.89. The number of halogens is 1. The highest BCUT2D eigenvalue weighted by molar-refractivity contribution is 14.1. The van der Waals surface area contributed by atoms with Crippen molar-refractivity contribution in [2.45, 2.75) is 26.3 Å². The van der Waals surface area contributed by atoms with Crippen LogP contribution in [-0.4, -0.2) is 15.6 Å². The summed E-state index contributed by atoms with van der Waals surface area (Å²) in [7, 11) is 0. The molecule has 94 valence electrons. The maximum atomic E-state index is 12.1. The van der Waals surface area contributed by atoms with Crippen molar-refractivity contribution in [1.29, 1.82) is 0 Å². The third kappa shape index (κ3) is 3.19. The van der Waals surface area contributed by atoms with Gasteiger partial charge in [0.1, 0.15) is 0 Å². The molecule has 0 saturated carbocycles. The van der Waals surface area contributed by atoms with Gasteiger partial charge in [0.15, 0.2) is 5.78 Å². The summed E-state index contributed by atoms with van der Waals surface area (Å²) in [6.45, 7) is 4.14. The van der Waals surface area contributed by atoms with E-state index in [1.807, 2.05) is 41.2 Å². The minimum absolute atomic E-state index is 0.113. The molecule has 2 rings (SSSR count). The molecule has 0 spiro atoms. The van der Waals surface area contributed by atoms with Crippen LogP contribution in [0.25, 0.3) is 0 Å². The van der Waals surface area contributed by atoms with Crippen LogP contribution in [0.15, 0.2) is 36.5 Å². The van der Waals surface area contributed by atoms with Crippen molar-refractivity contribution in [3.05, 3.63) is 51.4 Å². The van der Waals surface area contributed by atoms with Crippen molar-refractivity contribution >= 4 is 28.4 Å². The van der Waals surface area contributed by atoms with Gasteiger partial charge in [0.05, 0.1) is 12.1 Å². The first-order chi connectivity index (χ1) is 8.56. The normalized spacial score (nSPS) is 10.9. The number of benzene rings is 1. The third-order valence-corrected chi connectivity index (χ3v) is 3.35. The van der Waals surface area contributed by atoms with Gasteiger partial charge in [-0.25, -0.2) is 0 Å². The van der Waals surface area contributed by atoms with E-state index in [9.17, 15) is 4.79 Å². The van der Waals surface area contributed by atoms with Crippen molar-refractivity contribution in [2.24, 2.45) is 0 Å². The summed E-state index contributed by atoms with van der Waals surface area (Å²) in [5.41, 5.74) is 1.58. The van der Waals surface area contributed by atoms with Crippen LogP contribution in [0.3, 0.4) is 0 Å². The summed E-state index contributed by atoms with van der Waals surface area (Å²) in [5, 5.41) is 4.39. The van der Waals surface area contributed by atoms with E-state index >= 15 is 0 Å². The van der Waals surface area contributed by atoms with E-state index in [2.05, 4.69) is 41.5 Å². The molecule has 0 bridgehead atoms. The lowest BCUT2D eigenvalue weighted by Gasteiger charge is -2.04. The molecule has 1 aromatic carbocycles. The Morgan fingerprint density at radius 1 is 1.39 bits per heavy atom. The molecule has 0 fully saturated rings. The van der Waals surface area contributed by atoms with Crippen molar-refractivity contribution < 1.29 is 4.79 Å². The summed E-state index contributed by atoms with van der Waals surface area (Å²) in [6, 6.07) is 9.87. The van der Waals surface area contributed by atoms with Crippen LogP contribution in [0.1, 0.15) is 35.9 Å². The van der Waals surface area contributed by atoms with Gasteiger partial charge in [0.2, 0.25) is 0 Å². The molecule has 2 aromatic rings. The third-order valence-electron chi connectivity index (χ3n) is 2.68. The number of aromatic nitrogens is 2. The zero-order valence-corrected chi connectivity index (χ0v) is 12.6. The Morgan fingerprint density at radius 3 is 2.78 bits per heavy atom. The average molecular weight is 354 g/mol. The second-order valence-corrected chi connectivity index (χ2v) is 5.74. The molecule has 0 atom stereocenters. The summed E-state index contributed by atoms with van der Waals surface area (Å²) in [5.74, 6) is 0.113. The highest BCUT2D eigenvalue weighted by Crippen LogP contribution is 2.11. The number of carbonyl (C=O) groups is 1. The van der Waals surface area contributed by atoms with Crippen molar-refractivity contribution in [1.82, 2.24) is 9.78 Å². The van der Waals surface area contributed by atoms with E-state index in [1.54, 1.807) is 0 Å². The van der Waals surface area contributed by atoms with Crippen LogP contribution in [-0.2, 0) is 6.42 Å². The number of hydrogen-bond acceptors (Lipinski definition) is 2. The minimum atomic E-state index is 0.113. The lowest BCUT2D eigenvalue weighted by atomic mass is 10.1. The maximum absolute atomic E-state index is 12.1. The Morgan fingerprint density at radius 2 is 2.17 bits per heavy atom. The van der Waals surface area contributed by atoms with Gasteiger partial charge in [-0.1, -0.05) is 12.1 Å². The van der Waals surface area contributed by atoms with Gasteiger partial charge in [0, 0.05) is 21.4 Å². The standard InChI is InChI=1S/C14H15IN2O/c1-10(2)17-7-6-13(16-17)9-14(18)11-4-3-5-12(15)8-11/h3-8,10H,9H2,1-2H3. The van der Waals surface area contributed by atoms with E-state index in [0.717, 1.165) is 14.8 Å². The van der Waals surface area contributed by atoms with Gasteiger partial charge >= 0.3 is 0 Å². The smallest absolute Gasteiger partial charge is 0.168 e. The van der Waals surface area contributed by atoms with E-state index in [4.69, 9.17) is 0 Å². The fraction of sp³-hybridized carbons (Fsp3) is 0.286. The molecular weight excluding hydrogens is 339 g/mol. The molecule has 4 heteroatoms. The van der Waals surface area contributed by atoms with Crippen LogP contribution in [0, 0.1) is 3.57 Å². The Labute approximate surface area is 120 Å². The topological polar surface area (TPSA) is 34.9 Å². The lowest BCUT2D eigenvalue weighted by Crippen LogP contribution is -2.06. The van der Waals surface area contributed by atoms with E-state index in [0.29, 0.717) is 12.5 Å². The second-order valence-electron chi connectivity index (χ2n) is 4.49. The largest absolute Gasteiger partial charge is 0.294 e. The van der Waals surface area contributed by atoms with Crippen molar-refractivity contribution in [3.8, 4) is 0 Å². The monoisotopic (exact) mass is 354 g/mol. The second kappa shape index (κ2) is 5.65. The summed E-state index contributed by atoms with van der Waals surface area (Å²) >= 11 is 2.21. The molecule has 0 amide bonds. The Balaban J connectivity index is 2.11. The molecule has 0 radical (unpaired) electrons. The summed E-state index contributed by atoms with van der Waals surface area (Å²) < 4.78 is 2.95. The van der Waals surface area contributed by atoms with Gasteiger partial charge in [-0.3, -0.25) is 9.48 Å². The predicted molar refractivity (Wildman–Crippen MR) is 79.8 cm³/mol. The van der Waals surface area contributed by atoms with Crippen molar-refractivity contribution in [2.75, 3.05) is 0 Å². The molecule has 1 aromatic heterocycles. The zero-order chi connectivity index (χ0) is 13.1. The van der Waals surface area contributed by atoms with E-state index in [1.165, 1.54) is 0 Å². The van der Waals surface area contributed by atoms with Gasteiger partial charge < -0.3 is 0 Å². The molecule has 0 aliphatic rings. The lowest BCUT2D eigenvalue weighted by molar-refractivity contribution is 0.0991. The number of ketones is 1. The summed E-state index contributed by atoms with van der Waals surface area (Å²) in [6.07, 6.45) is 2.28. The van der Waals surface area contributed by atoms with Gasteiger partial charge in [-0.2, -0.15) is 5.10 Å². The SMILES string of the molecule is CC(C)n1ccc(CC(=O)c2cccc(I)c2)n1. The van der Waals surface area contributed by atoms with E-state index < -0.39 is 0 Å². The highest BCUT2D eigenvalue weighted by atomic mass is 127. The fourth-order valence-corrected chi connectivity index (χ4v) is 2.23. The van der Waals surface area contributed by atoms with E-state index in [-0.39, 0.29) is 5.78 Å². The molecule has 0 unspecified atom stereocenters. The zero-order valence-electron chi connectivity index (χ0n) is 10.4. The molecule has 0 aliphatic heterocycles. The van der Waals surface area contributed by atoms with Crippen LogP contribution in [0.2, 0.25) is 0 Å². The number of carbonyl (C=O) groups excluding carboxylic acids is 1. The van der Waals surface area contributed by atoms with Crippen LogP contribution in [0.4, 0.5) is 0 Å². The van der Waals surface area contributed by atoms with Crippen LogP contribution in [0.5, 0.6) is 0 Å². The fourth-order valence-electron chi connectivity index (χ4n) is 1.69. The molecule has 1 heterocycles. The number of hydrogen-bond donors (Lipinski definition) is 0. The quantitative estimate of drug-likeness (QED) is 0.622. The first kappa shape index (κ1) is 13.3. The number of rotatable bonds is 4. The Hall–Kier alpha value is -1.17. The number of Topliss-reactive ketones (excluding diaryl/α,β-unsaturated/α-hetero) is 1. The van der Waals surface area contributed by atoms with Crippen LogP contribution < -0.4 is 0 Å². The Kier molecular flexibility index (Phi) is 4.16. The molecule has 18 heavy (non-hydrogen) atoms. The first-order valence-corrected chi connectivity index (χ1v) is 6.97. The predicted octanol–water partition coefficient (Wildman–Crippen LogP) is 3.49. The highest BCUT2D eigenvalue weighted by Gasteiger charge is 2.10. The van der Waals surface area contributed by atoms with Gasteiger partial charge in [-0.15, -0.1) is 0 Å². The minimum Gasteiger partial charge on any atom is -0.294 e. The Bertz CT molecular complexity index is 560. The molecule has 0 saturated heterocycles. The van der Waals surface area contributed by atoms with Crippen LogP contribution >= 0.6 is 22.6 Å². The molecule has 3 nitrogen and oxygen atoms in total. The summed E-state index contributed by atoms with van der Waals surface area (Å²) in [4.78, 5) is 12.1. The molecule has 0 aliphatic carbocycles. The number of nitrogens with zero attached hydrogens (tertiary/aromatic N) is 2.